The maximum atomic E-state index is 13.9. The summed E-state index contributed by atoms with van der Waals surface area (Å²) in [7, 11) is 0. The predicted octanol–water partition coefficient (Wildman–Crippen LogP) is 2.62. The van der Waals surface area contributed by atoms with Gasteiger partial charge in [0.1, 0.15) is 11.6 Å². The van der Waals surface area contributed by atoms with Crippen molar-refractivity contribution in [1.82, 2.24) is 10.2 Å². The fraction of sp³-hybridized carbons (Fsp3) is 0.579. The first-order chi connectivity index (χ1) is 12.4. The number of carbonyl (C=O) groups excluding carboxylic acids is 1. The summed E-state index contributed by atoms with van der Waals surface area (Å²) in [6.07, 6.45) is 2.34. The molecule has 144 valence electrons. The van der Waals surface area contributed by atoms with E-state index < -0.39 is 11.6 Å². The van der Waals surface area contributed by atoms with Crippen LogP contribution in [-0.2, 0) is 4.79 Å². The molecule has 0 radical (unpaired) electrons. The second-order valence-corrected chi connectivity index (χ2v) is 6.89. The van der Waals surface area contributed by atoms with Crippen LogP contribution in [0.3, 0.4) is 0 Å². The average Bonchev–Trinajstić information content (AvgIpc) is 2.58. The van der Waals surface area contributed by atoms with E-state index in [0.29, 0.717) is 18.5 Å². The first-order valence-electron chi connectivity index (χ1n) is 9.17. The van der Waals surface area contributed by atoms with Crippen molar-refractivity contribution in [2.75, 3.05) is 26.2 Å². The van der Waals surface area contributed by atoms with E-state index in [1.807, 2.05) is 13.8 Å². The van der Waals surface area contributed by atoms with Gasteiger partial charge in [-0.05, 0) is 37.3 Å². The molecular weight excluding hydrogens is 338 g/mol. The molecule has 1 saturated heterocycles. The summed E-state index contributed by atoms with van der Waals surface area (Å²) >= 11 is 0. The molecule has 1 aliphatic rings. The van der Waals surface area contributed by atoms with Crippen LogP contribution < -0.4 is 11.1 Å². The van der Waals surface area contributed by atoms with E-state index in [0.717, 1.165) is 44.5 Å². The Kier molecular flexibility index (Phi) is 7.36. The molecule has 2 atom stereocenters. The Labute approximate surface area is 153 Å². The normalized spacial score (nSPS) is 19.3. The lowest BCUT2D eigenvalue weighted by atomic mass is 9.95. The summed E-state index contributed by atoms with van der Waals surface area (Å²) in [4.78, 5) is 18.0. The lowest BCUT2D eigenvalue weighted by Gasteiger charge is -2.34. The number of benzene rings is 1. The summed E-state index contributed by atoms with van der Waals surface area (Å²) in [5.41, 5.74) is 5.78. The van der Waals surface area contributed by atoms with Crippen LogP contribution in [0.25, 0.3) is 0 Å². The summed E-state index contributed by atoms with van der Waals surface area (Å²) in [6.45, 7) is 6.56. The van der Waals surface area contributed by atoms with Gasteiger partial charge in [-0.3, -0.25) is 9.79 Å². The molecule has 2 rings (SSSR count). The molecule has 0 aromatic heterocycles. The number of carbonyl (C=O) groups is 1. The van der Waals surface area contributed by atoms with Crippen molar-refractivity contribution in [2.45, 2.75) is 39.0 Å². The summed E-state index contributed by atoms with van der Waals surface area (Å²) in [5, 5.41) is 3.26. The van der Waals surface area contributed by atoms with Crippen LogP contribution in [0, 0.1) is 17.6 Å². The van der Waals surface area contributed by atoms with Gasteiger partial charge in [0.25, 0.3) is 0 Å². The number of aliphatic imine (C=N–C) groups is 1. The quantitative estimate of drug-likeness (QED) is 0.601. The van der Waals surface area contributed by atoms with Crippen molar-refractivity contribution < 1.29 is 13.6 Å². The number of rotatable bonds is 6. The lowest BCUT2D eigenvalue weighted by Crippen LogP contribution is -2.47. The zero-order chi connectivity index (χ0) is 19.1. The minimum Gasteiger partial charge on any atom is -0.370 e. The van der Waals surface area contributed by atoms with Crippen LogP contribution in [0.1, 0.15) is 44.6 Å². The maximum Gasteiger partial charge on any atom is 0.217 e. The standard InChI is InChI=1S/C19H28F2N4O/c1-3-23-19(25-8-4-5-14(12-25)9-18(22)26)24-11-13(2)16-7-6-15(20)10-17(16)21/h6-7,10,13-14H,3-5,8-9,11-12H2,1-2H3,(H2,22,26)(H,23,24). The number of hydrogen-bond acceptors (Lipinski definition) is 2. The van der Waals surface area contributed by atoms with Gasteiger partial charge in [0, 0.05) is 44.6 Å². The molecule has 3 N–H and O–H groups in total. The first-order valence-corrected chi connectivity index (χ1v) is 9.17. The summed E-state index contributed by atoms with van der Waals surface area (Å²) in [6, 6.07) is 3.64. The van der Waals surface area contributed by atoms with Crippen LogP contribution in [-0.4, -0.2) is 42.9 Å². The van der Waals surface area contributed by atoms with Crippen LogP contribution in [0.15, 0.2) is 23.2 Å². The molecule has 0 aliphatic carbocycles. The zero-order valence-electron chi connectivity index (χ0n) is 15.5. The maximum absolute atomic E-state index is 13.9. The van der Waals surface area contributed by atoms with Crippen LogP contribution in [0.5, 0.6) is 0 Å². The molecule has 5 nitrogen and oxygen atoms in total. The Balaban J connectivity index is 2.06. The number of nitrogens with one attached hydrogen (secondary N) is 1. The topological polar surface area (TPSA) is 70.7 Å². The van der Waals surface area contributed by atoms with Gasteiger partial charge in [-0.2, -0.15) is 0 Å². The lowest BCUT2D eigenvalue weighted by molar-refractivity contribution is -0.119. The molecule has 0 bridgehead atoms. The third-order valence-electron chi connectivity index (χ3n) is 4.65. The molecule has 1 aliphatic heterocycles. The van der Waals surface area contributed by atoms with Gasteiger partial charge in [-0.1, -0.05) is 13.0 Å². The fourth-order valence-electron chi connectivity index (χ4n) is 3.36. The predicted molar refractivity (Wildman–Crippen MR) is 98.9 cm³/mol. The van der Waals surface area contributed by atoms with Crippen molar-refractivity contribution in [3.8, 4) is 0 Å². The molecular formula is C19H28F2N4O. The highest BCUT2D eigenvalue weighted by molar-refractivity contribution is 5.80. The number of amides is 1. The van der Waals surface area contributed by atoms with Gasteiger partial charge in [0.15, 0.2) is 5.96 Å². The monoisotopic (exact) mass is 366 g/mol. The van der Waals surface area contributed by atoms with E-state index >= 15 is 0 Å². The number of nitrogens with zero attached hydrogens (tertiary/aromatic N) is 2. The number of halogens is 2. The minimum atomic E-state index is -0.580. The van der Waals surface area contributed by atoms with Gasteiger partial charge in [0.2, 0.25) is 5.91 Å². The Morgan fingerprint density at radius 2 is 2.23 bits per heavy atom. The third kappa shape index (κ3) is 5.68. The third-order valence-corrected chi connectivity index (χ3v) is 4.65. The Morgan fingerprint density at radius 3 is 2.88 bits per heavy atom. The molecule has 26 heavy (non-hydrogen) atoms. The molecule has 0 spiro atoms. The molecule has 2 unspecified atom stereocenters. The molecule has 0 saturated carbocycles. The van der Waals surface area contributed by atoms with Crippen LogP contribution in [0.2, 0.25) is 0 Å². The second kappa shape index (κ2) is 9.50. The summed E-state index contributed by atoms with van der Waals surface area (Å²) < 4.78 is 27.0. The second-order valence-electron chi connectivity index (χ2n) is 6.89. The van der Waals surface area contributed by atoms with Crippen molar-refractivity contribution in [1.29, 1.82) is 0 Å². The Bertz CT molecular complexity index is 650. The number of primary amides is 1. The highest BCUT2D eigenvalue weighted by Gasteiger charge is 2.23. The largest absolute Gasteiger partial charge is 0.370 e. The number of piperidine rings is 1. The minimum absolute atomic E-state index is 0.171. The van der Waals surface area contributed by atoms with Gasteiger partial charge >= 0.3 is 0 Å². The zero-order valence-corrected chi connectivity index (χ0v) is 15.5. The molecule has 7 heteroatoms. The van der Waals surface area contributed by atoms with E-state index in [1.165, 1.54) is 12.1 Å². The van der Waals surface area contributed by atoms with Crippen molar-refractivity contribution in [3.05, 3.63) is 35.4 Å². The van der Waals surface area contributed by atoms with Crippen molar-refractivity contribution in [2.24, 2.45) is 16.6 Å². The molecule has 1 heterocycles. The fourth-order valence-corrected chi connectivity index (χ4v) is 3.36. The Morgan fingerprint density at radius 1 is 1.46 bits per heavy atom. The van der Waals surface area contributed by atoms with E-state index in [9.17, 15) is 13.6 Å². The van der Waals surface area contributed by atoms with Crippen LogP contribution in [0.4, 0.5) is 8.78 Å². The first kappa shape index (κ1) is 20.1. The van der Waals surface area contributed by atoms with E-state index in [-0.39, 0.29) is 17.7 Å². The number of nitrogens with two attached hydrogens (primary N) is 1. The number of likely N-dealkylation sites (tertiary alicyclic amines) is 1. The smallest absolute Gasteiger partial charge is 0.217 e. The van der Waals surface area contributed by atoms with Crippen LogP contribution >= 0.6 is 0 Å². The van der Waals surface area contributed by atoms with Gasteiger partial charge < -0.3 is 16.0 Å². The summed E-state index contributed by atoms with van der Waals surface area (Å²) in [5.74, 6) is -0.580. The van der Waals surface area contributed by atoms with E-state index in [1.54, 1.807) is 0 Å². The molecule has 1 fully saturated rings. The Hall–Kier alpha value is -2.18. The average molecular weight is 366 g/mol. The molecule has 1 aromatic carbocycles. The molecule has 1 aromatic rings. The number of guanidine groups is 1. The van der Waals surface area contributed by atoms with Gasteiger partial charge in [-0.25, -0.2) is 8.78 Å². The highest BCUT2D eigenvalue weighted by Crippen LogP contribution is 2.22. The SMILES string of the molecule is CCNC(=NCC(C)c1ccc(F)cc1F)N1CCCC(CC(N)=O)C1. The number of hydrogen-bond donors (Lipinski definition) is 2. The van der Waals surface area contributed by atoms with E-state index in [2.05, 4.69) is 15.2 Å². The van der Waals surface area contributed by atoms with Gasteiger partial charge in [-0.15, -0.1) is 0 Å². The highest BCUT2D eigenvalue weighted by atomic mass is 19.1. The van der Waals surface area contributed by atoms with Crippen molar-refractivity contribution >= 4 is 11.9 Å². The van der Waals surface area contributed by atoms with Crippen molar-refractivity contribution in [3.63, 3.8) is 0 Å². The van der Waals surface area contributed by atoms with E-state index in [4.69, 9.17) is 5.73 Å². The van der Waals surface area contributed by atoms with Gasteiger partial charge in [0.05, 0.1) is 0 Å². The molecule has 1 amide bonds.